The molecule has 27 heavy (non-hydrogen) atoms. The van der Waals surface area contributed by atoms with Gasteiger partial charge in [0.15, 0.2) is 0 Å². The van der Waals surface area contributed by atoms with Crippen molar-refractivity contribution < 1.29 is 13.0 Å². The topological polar surface area (TPSA) is 27.7 Å². The molecule has 0 radical (unpaired) electrons. The van der Waals surface area contributed by atoms with Gasteiger partial charge in [0.1, 0.15) is 0 Å². The van der Waals surface area contributed by atoms with Crippen LogP contribution in [0.4, 0.5) is 0 Å². The van der Waals surface area contributed by atoms with E-state index < -0.39 is 17.1 Å². The predicted octanol–water partition coefficient (Wildman–Crippen LogP) is 7.35. The third-order valence-corrected chi connectivity index (χ3v) is 11.4. The summed E-state index contributed by atoms with van der Waals surface area (Å²) in [7, 11) is -4.99. The number of hydrogen-bond acceptors (Lipinski definition) is 3. The van der Waals surface area contributed by atoms with Crippen molar-refractivity contribution in [3.8, 4) is 0 Å². The van der Waals surface area contributed by atoms with Crippen LogP contribution in [0.25, 0.3) is 0 Å². The van der Waals surface area contributed by atoms with Crippen molar-refractivity contribution in [1.29, 1.82) is 0 Å². The summed E-state index contributed by atoms with van der Waals surface area (Å²) in [5.74, 6) is 0. The summed E-state index contributed by atoms with van der Waals surface area (Å²) in [6, 6.07) is 0. The summed E-state index contributed by atoms with van der Waals surface area (Å²) in [4.78, 5) is 0. The maximum absolute atomic E-state index is 6.52. The Kier molecular flexibility index (Phi) is 14.6. The summed E-state index contributed by atoms with van der Waals surface area (Å²) >= 11 is 0. The Balaban J connectivity index is 4.63. The molecule has 0 aliphatic rings. The maximum Gasteiger partial charge on any atom is 0.352 e. The molecule has 0 aromatic heterocycles. The summed E-state index contributed by atoms with van der Waals surface area (Å²) in [5.41, 5.74) is 3.78. The second kappa shape index (κ2) is 14.7. The molecule has 0 fully saturated rings. The van der Waals surface area contributed by atoms with Crippen LogP contribution in [0.2, 0.25) is 13.1 Å². The highest BCUT2D eigenvalue weighted by Crippen LogP contribution is 2.24. The van der Waals surface area contributed by atoms with E-state index >= 15 is 0 Å². The largest absolute Gasteiger partial charge is 0.409 e. The van der Waals surface area contributed by atoms with Gasteiger partial charge >= 0.3 is 17.1 Å². The lowest BCUT2D eigenvalue weighted by Gasteiger charge is -2.36. The molecule has 0 spiro atoms. The fraction of sp³-hybridized carbons (Fsp3) is 0.818. The van der Waals surface area contributed by atoms with Gasteiger partial charge in [0.2, 0.25) is 0 Å². The molecular formula is C22H46O3Si2. The zero-order valence-corrected chi connectivity index (χ0v) is 21.0. The summed E-state index contributed by atoms with van der Waals surface area (Å²) in [6.45, 7) is 20.9. The van der Waals surface area contributed by atoms with Crippen LogP contribution >= 0.6 is 0 Å². The predicted molar refractivity (Wildman–Crippen MR) is 123 cm³/mol. The summed E-state index contributed by atoms with van der Waals surface area (Å²) < 4.78 is 19.2. The summed E-state index contributed by atoms with van der Waals surface area (Å²) in [6.07, 6.45) is 12.6. The van der Waals surface area contributed by atoms with Crippen molar-refractivity contribution in [2.75, 3.05) is 0 Å². The van der Waals surface area contributed by atoms with Gasteiger partial charge in [-0.2, -0.15) is 0 Å². The van der Waals surface area contributed by atoms with Gasteiger partial charge in [-0.3, -0.25) is 0 Å². The Morgan fingerprint density at radius 1 is 0.704 bits per heavy atom. The van der Waals surface area contributed by atoms with E-state index in [4.69, 9.17) is 13.0 Å². The van der Waals surface area contributed by atoms with Crippen molar-refractivity contribution >= 4 is 17.1 Å². The molecule has 0 bridgehead atoms. The average Bonchev–Trinajstić information content (AvgIpc) is 2.62. The lowest BCUT2D eigenvalue weighted by atomic mass is 10.1. The number of hydrogen-bond donors (Lipinski definition) is 0. The van der Waals surface area contributed by atoms with Crippen molar-refractivity contribution in [3.05, 3.63) is 24.6 Å². The molecule has 0 aliphatic heterocycles. The highest BCUT2D eigenvalue weighted by Gasteiger charge is 2.41. The van der Waals surface area contributed by atoms with Gasteiger partial charge in [-0.15, -0.1) is 13.2 Å². The molecule has 0 saturated carbocycles. The van der Waals surface area contributed by atoms with Gasteiger partial charge in [0.25, 0.3) is 0 Å². The van der Waals surface area contributed by atoms with Gasteiger partial charge in [-0.25, -0.2) is 0 Å². The third kappa shape index (κ3) is 12.8. The first-order chi connectivity index (χ1) is 12.7. The van der Waals surface area contributed by atoms with Crippen molar-refractivity contribution in [1.82, 2.24) is 0 Å². The van der Waals surface area contributed by atoms with Crippen LogP contribution in [0.5, 0.6) is 0 Å². The highest BCUT2D eigenvalue weighted by molar-refractivity contribution is 6.84. The van der Waals surface area contributed by atoms with Crippen LogP contribution < -0.4 is 0 Å². The fourth-order valence-corrected chi connectivity index (χ4v) is 9.56. The van der Waals surface area contributed by atoms with E-state index in [2.05, 4.69) is 53.9 Å². The molecule has 0 aliphatic carbocycles. The molecule has 0 aromatic carbocycles. The van der Waals surface area contributed by atoms with Crippen LogP contribution in [-0.4, -0.2) is 29.3 Å². The summed E-state index contributed by atoms with van der Waals surface area (Å²) in [5, 5.41) is 0. The van der Waals surface area contributed by atoms with Gasteiger partial charge < -0.3 is 13.0 Å². The lowest BCUT2D eigenvalue weighted by Crippen LogP contribution is -2.52. The zero-order chi connectivity index (χ0) is 20.8. The fourth-order valence-electron chi connectivity index (χ4n) is 3.26. The SMILES string of the molecule is C=C[Si](C)(OC(C)CCCCCC)O[Si](C)(C=C)OC(C)CCCCCC. The Labute approximate surface area is 172 Å². The first-order valence-corrected chi connectivity index (χ1v) is 15.9. The average molecular weight is 415 g/mol. The first kappa shape index (κ1) is 26.8. The van der Waals surface area contributed by atoms with E-state index in [9.17, 15) is 0 Å². The van der Waals surface area contributed by atoms with Crippen LogP contribution in [0.15, 0.2) is 24.6 Å². The molecule has 4 unspecified atom stereocenters. The van der Waals surface area contributed by atoms with E-state index in [1.807, 2.05) is 11.4 Å². The van der Waals surface area contributed by atoms with E-state index in [0.29, 0.717) is 0 Å². The molecule has 5 heteroatoms. The van der Waals surface area contributed by atoms with E-state index in [-0.39, 0.29) is 12.2 Å². The maximum atomic E-state index is 6.52. The van der Waals surface area contributed by atoms with Crippen molar-refractivity contribution in [3.63, 3.8) is 0 Å². The third-order valence-electron chi connectivity index (χ3n) is 4.95. The molecule has 0 heterocycles. The lowest BCUT2D eigenvalue weighted by molar-refractivity contribution is 0.126. The van der Waals surface area contributed by atoms with Crippen molar-refractivity contribution in [2.24, 2.45) is 0 Å². The Hall–Kier alpha value is -0.206. The number of rotatable bonds is 18. The van der Waals surface area contributed by atoms with Gasteiger partial charge in [-0.05, 0) is 39.8 Å². The van der Waals surface area contributed by atoms with Gasteiger partial charge in [0, 0.05) is 12.2 Å². The van der Waals surface area contributed by atoms with Crippen LogP contribution in [0.1, 0.15) is 91.9 Å². The molecule has 0 saturated heterocycles. The van der Waals surface area contributed by atoms with Crippen LogP contribution in [0, 0.1) is 0 Å². The standard InChI is InChI=1S/C22H46O3Si2/c1-9-13-15-17-19-21(5)23-26(7,11-3)25-27(8,12-4)24-22(6)20-18-16-14-10-2/h11-12,21-22H,3-4,9-10,13-20H2,1-2,5-8H3. The Morgan fingerprint density at radius 2 is 1.07 bits per heavy atom. The van der Waals surface area contributed by atoms with E-state index in [1.165, 1.54) is 51.4 Å². The van der Waals surface area contributed by atoms with Gasteiger partial charge in [0.05, 0.1) is 0 Å². The molecular weight excluding hydrogens is 368 g/mol. The Bertz CT molecular complexity index is 369. The second-order valence-corrected chi connectivity index (χ2v) is 14.3. The first-order valence-electron chi connectivity index (χ1n) is 11.1. The zero-order valence-electron chi connectivity index (χ0n) is 19.0. The van der Waals surface area contributed by atoms with Crippen LogP contribution in [0.3, 0.4) is 0 Å². The molecule has 4 atom stereocenters. The molecule has 0 aromatic rings. The van der Waals surface area contributed by atoms with Crippen molar-refractivity contribution in [2.45, 2.75) is 117 Å². The van der Waals surface area contributed by atoms with Crippen LogP contribution in [-0.2, 0) is 13.0 Å². The molecule has 0 rings (SSSR count). The highest BCUT2D eigenvalue weighted by atomic mass is 28.5. The minimum absolute atomic E-state index is 0.186. The minimum atomic E-state index is -2.49. The molecule has 0 N–H and O–H groups in total. The second-order valence-electron chi connectivity index (χ2n) is 8.10. The monoisotopic (exact) mass is 414 g/mol. The van der Waals surface area contributed by atoms with E-state index in [1.54, 1.807) is 0 Å². The van der Waals surface area contributed by atoms with Gasteiger partial charge in [-0.1, -0.05) is 76.6 Å². The minimum Gasteiger partial charge on any atom is -0.409 e. The molecule has 0 amide bonds. The Morgan fingerprint density at radius 3 is 1.37 bits per heavy atom. The molecule has 3 nitrogen and oxygen atoms in total. The quantitative estimate of drug-likeness (QED) is 0.173. The van der Waals surface area contributed by atoms with E-state index in [0.717, 1.165) is 12.8 Å². The normalized spacial score (nSPS) is 18.3. The number of unbranched alkanes of at least 4 members (excludes halogenated alkanes) is 6. The molecule has 160 valence electrons. The smallest absolute Gasteiger partial charge is 0.352 e.